The molecule has 2 N–H and O–H groups in total. The number of rotatable bonds is 4. The Kier molecular flexibility index (Phi) is 5.27. The highest BCUT2D eigenvalue weighted by molar-refractivity contribution is 6.30. The normalized spacial score (nSPS) is 22.8. The summed E-state index contributed by atoms with van der Waals surface area (Å²) in [4.78, 5) is 36.1. The predicted octanol–water partition coefficient (Wildman–Crippen LogP) is 2.34. The molecule has 1 unspecified atom stereocenters. The van der Waals surface area contributed by atoms with E-state index in [4.69, 9.17) is 16.3 Å². The van der Waals surface area contributed by atoms with Crippen molar-refractivity contribution in [1.29, 1.82) is 0 Å². The van der Waals surface area contributed by atoms with Crippen molar-refractivity contribution in [1.82, 2.24) is 10.6 Å². The lowest BCUT2D eigenvalue weighted by Gasteiger charge is -2.37. The maximum absolute atomic E-state index is 13.0. The van der Waals surface area contributed by atoms with Crippen LogP contribution >= 0.6 is 11.6 Å². The molecule has 1 aromatic carbocycles. The highest BCUT2D eigenvalue weighted by Crippen LogP contribution is 2.34. The molecule has 0 radical (unpaired) electrons. The van der Waals surface area contributed by atoms with Gasteiger partial charge in [0.2, 0.25) is 11.8 Å². The van der Waals surface area contributed by atoms with Crippen molar-refractivity contribution in [3.05, 3.63) is 29.3 Å². The van der Waals surface area contributed by atoms with Crippen LogP contribution in [-0.4, -0.2) is 29.4 Å². The Balaban J connectivity index is 1.75. The molecular formula is C18H21ClN2O4. The van der Waals surface area contributed by atoms with Gasteiger partial charge in [0.05, 0.1) is 0 Å². The molecule has 6 nitrogen and oxygen atoms in total. The summed E-state index contributed by atoms with van der Waals surface area (Å²) >= 11 is 5.90. The van der Waals surface area contributed by atoms with Crippen molar-refractivity contribution in [3.8, 4) is 5.75 Å². The average Bonchev–Trinajstić information content (AvgIpc) is 2.60. The highest BCUT2D eigenvalue weighted by Gasteiger charge is 2.43. The van der Waals surface area contributed by atoms with E-state index in [-0.39, 0.29) is 18.2 Å². The molecule has 1 saturated heterocycles. The topological polar surface area (TPSA) is 84.5 Å². The predicted molar refractivity (Wildman–Crippen MR) is 92.2 cm³/mol. The lowest BCUT2D eigenvalue weighted by atomic mass is 9.83. The zero-order chi connectivity index (χ0) is 17.9. The number of halogens is 1. The summed E-state index contributed by atoms with van der Waals surface area (Å²) in [5.41, 5.74) is -0.992. The van der Waals surface area contributed by atoms with Gasteiger partial charge < -0.3 is 10.1 Å². The van der Waals surface area contributed by atoms with Gasteiger partial charge in [-0.15, -0.1) is 0 Å². The zero-order valence-electron chi connectivity index (χ0n) is 13.8. The Morgan fingerprint density at radius 1 is 1.16 bits per heavy atom. The molecule has 1 aliphatic heterocycles. The summed E-state index contributed by atoms with van der Waals surface area (Å²) in [5, 5.41) is 5.63. The molecule has 0 spiro atoms. The first-order chi connectivity index (χ1) is 12.0. The number of nitrogens with one attached hydrogen (secondary N) is 2. The molecule has 3 amide bonds. The van der Waals surface area contributed by atoms with E-state index in [1.54, 1.807) is 24.3 Å². The summed E-state index contributed by atoms with van der Waals surface area (Å²) < 4.78 is 6.09. The SMILES string of the molecule is O=C1CCC(NC(=O)C2(Oc3ccc(Cl)cc3)CCCCC2)C(=O)N1. The Labute approximate surface area is 151 Å². The highest BCUT2D eigenvalue weighted by atomic mass is 35.5. The van der Waals surface area contributed by atoms with Crippen LogP contribution < -0.4 is 15.4 Å². The maximum Gasteiger partial charge on any atom is 0.264 e. The Hall–Kier alpha value is -2.08. The second-order valence-electron chi connectivity index (χ2n) is 6.59. The van der Waals surface area contributed by atoms with E-state index in [0.717, 1.165) is 19.3 Å². The number of carbonyl (C=O) groups is 3. The van der Waals surface area contributed by atoms with Gasteiger partial charge in [0.25, 0.3) is 5.91 Å². The van der Waals surface area contributed by atoms with Crippen molar-refractivity contribution in [2.45, 2.75) is 56.6 Å². The lowest BCUT2D eigenvalue weighted by molar-refractivity contribution is -0.145. The smallest absolute Gasteiger partial charge is 0.264 e. The summed E-state index contributed by atoms with van der Waals surface area (Å²) in [6.07, 6.45) is 4.54. The number of piperidine rings is 1. The molecule has 1 atom stereocenters. The van der Waals surface area contributed by atoms with Crippen molar-refractivity contribution in [3.63, 3.8) is 0 Å². The van der Waals surface area contributed by atoms with Gasteiger partial charge in [-0.25, -0.2) is 0 Å². The summed E-state index contributed by atoms with van der Waals surface area (Å²) in [5.74, 6) is -0.483. The lowest BCUT2D eigenvalue weighted by Crippen LogP contribution is -2.59. The number of hydrogen-bond acceptors (Lipinski definition) is 4. The standard InChI is InChI=1S/C18H21ClN2O4/c19-12-4-6-13(7-5-12)25-18(10-2-1-3-11-18)17(24)20-14-8-9-15(22)21-16(14)23/h4-7,14H,1-3,8-11H2,(H,20,24)(H,21,22,23). The van der Waals surface area contributed by atoms with Crippen molar-refractivity contribution >= 4 is 29.3 Å². The monoisotopic (exact) mass is 364 g/mol. The molecule has 1 heterocycles. The van der Waals surface area contributed by atoms with Crippen LogP contribution in [0, 0.1) is 0 Å². The average molecular weight is 365 g/mol. The maximum atomic E-state index is 13.0. The zero-order valence-corrected chi connectivity index (χ0v) is 14.6. The van der Waals surface area contributed by atoms with E-state index >= 15 is 0 Å². The second kappa shape index (κ2) is 7.44. The number of ether oxygens (including phenoxy) is 1. The number of carbonyl (C=O) groups excluding carboxylic acids is 3. The second-order valence-corrected chi connectivity index (χ2v) is 7.02. The summed E-state index contributed by atoms with van der Waals surface area (Å²) in [6.45, 7) is 0. The molecule has 25 heavy (non-hydrogen) atoms. The van der Waals surface area contributed by atoms with Gasteiger partial charge in [-0.2, -0.15) is 0 Å². The summed E-state index contributed by atoms with van der Waals surface area (Å²) in [6, 6.07) is 6.20. The molecule has 2 fully saturated rings. The van der Waals surface area contributed by atoms with E-state index in [0.29, 0.717) is 30.0 Å². The molecule has 134 valence electrons. The van der Waals surface area contributed by atoms with E-state index < -0.39 is 17.6 Å². The Bertz CT molecular complexity index is 668. The number of amides is 3. The van der Waals surface area contributed by atoms with Crippen LogP contribution in [0.4, 0.5) is 0 Å². The molecule has 7 heteroatoms. The van der Waals surface area contributed by atoms with Gasteiger partial charge in [0, 0.05) is 11.4 Å². The van der Waals surface area contributed by atoms with E-state index in [2.05, 4.69) is 10.6 Å². The van der Waals surface area contributed by atoms with E-state index in [9.17, 15) is 14.4 Å². The third-order valence-electron chi connectivity index (χ3n) is 4.75. The molecule has 1 aliphatic carbocycles. The van der Waals surface area contributed by atoms with Crippen LogP contribution in [0.25, 0.3) is 0 Å². The quantitative estimate of drug-likeness (QED) is 0.803. The number of imide groups is 1. The van der Waals surface area contributed by atoms with Crippen LogP contribution in [0.15, 0.2) is 24.3 Å². The molecule has 1 aromatic rings. The van der Waals surface area contributed by atoms with Crippen molar-refractivity contribution in [2.24, 2.45) is 0 Å². The molecular weight excluding hydrogens is 344 g/mol. The largest absolute Gasteiger partial charge is 0.477 e. The van der Waals surface area contributed by atoms with Gasteiger partial charge in [-0.05, 0) is 56.4 Å². The van der Waals surface area contributed by atoms with Gasteiger partial charge in [-0.3, -0.25) is 19.7 Å². The fourth-order valence-corrected chi connectivity index (χ4v) is 3.47. The first-order valence-corrected chi connectivity index (χ1v) is 8.96. The minimum atomic E-state index is -0.992. The molecule has 0 bridgehead atoms. The van der Waals surface area contributed by atoms with Crippen LogP contribution in [0.1, 0.15) is 44.9 Å². The van der Waals surface area contributed by atoms with E-state index in [1.807, 2.05) is 0 Å². The minimum absolute atomic E-state index is 0.224. The third kappa shape index (κ3) is 4.12. The van der Waals surface area contributed by atoms with Gasteiger partial charge >= 0.3 is 0 Å². The first-order valence-electron chi connectivity index (χ1n) is 8.58. The Morgan fingerprint density at radius 2 is 1.84 bits per heavy atom. The minimum Gasteiger partial charge on any atom is -0.477 e. The van der Waals surface area contributed by atoms with Crippen LogP contribution in [0.5, 0.6) is 5.75 Å². The number of benzene rings is 1. The van der Waals surface area contributed by atoms with Gasteiger partial charge in [0.1, 0.15) is 11.8 Å². The van der Waals surface area contributed by atoms with Crippen LogP contribution in [0.2, 0.25) is 5.02 Å². The van der Waals surface area contributed by atoms with Crippen molar-refractivity contribution in [2.75, 3.05) is 0 Å². The Morgan fingerprint density at radius 3 is 2.48 bits per heavy atom. The molecule has 0 aromatic heterocycles. The molecule has 1 saturated carbocycles. The fraction of sp³-hybridized carbons (Fsp3) is 0.500. The third-order valence-corrected chi connectivity index (χ3v) is 5.00. The fourth-order valence-electron chi connectivity index (χ4n) is 3.35. The van der Waals surface area contributed by atoms with Crippen LogP contribution in [-0.2, 0) is 14.4 Å². The van der Waals surface area contributed by atoms with E-state index in [1.165, 1.54) is 0 Å². The van der Waals surface area contributed by atoms with Crippen LogP contribution in [0.3, 0.4) is 0 Å². The van der Waals surface area contributed by atoms with Gasteiger partial charge in [0.15, 0.2) is 5.60 Å². The van der Waals surface area contributed by atoms with Gasteiger partial charge in [-0.1, -0.05) is 18.0 Å². The molecule has 2 aliphatic rings. The molecule has 3 rings (SSSR count). The van der Waals surface area contributed by atoms with Crippen molar-refractivity contribution < 1.29 is 19.1 Å². The number of hydrogen-bond donors (Lipinski definition) is 2. The first kappa shape index (κ1) is 17.7. The summed E-state index contributed by atoms with van der Waals surface area (Å²) in [7, 11) is 0.